The molecule has 0 radical (unpaired) electrons. The van der Waals surface area contributed by atoms with Gasteiger partial charge in [-0.05, 0) is 61.5 Å². The molecule has 0 fully saturated rings. The van der Waals surface area contributed by atoms with Gasteiger partial charge in [-0.15, -0.1) is 0 Å². The van der Waals surface area contributed by atoms with E-state index >= 15 is 0 Å². The van der Waals surface area contributed by atoms with Crippen LogP contribution in [-0.4, -0.2) is 10.9 Å². The number of rotatable bonds is 4. The molecular weight excluding hydrogens is 348 g/mol. The minimum atomic E-state index is -0.177. The van der Waals surface area contributed by atoms with Crippen molar-refractivity contribution in [3.63, 3.8) is 0 Å². The fourth-order valence-electron chi connectivity index (χ4n) is 2.79. The molecule has 28 heavy (non-hydrogen) atoms. The molecule has 1 aromatic heterocycles. The number of fused-ring (bicyclic) bond motifs is 1. The molecule has 136 valence electrons. The second-order valence-corrected chi connectivity index (χ2v) is 6.40. The molecule has 0 saturated carbocycles. The van der Waals surface area contributed by atoms with Crippen molar-refractivity contribution >= 4 is 33.9 Å². The van der Waals surface area contributed by atoms with Crippen LogP contribution in [-0.2, 0) is 0 Å². The summed E-state index contributed by atoms with van der Waals surface area (Å²) in [5.41, 5.74) is 4.50. The molecule has 4 rings (SSSR count). The van der Waals surface area contributed by atoms with Gasteiger partial charge in [0, 0.05) is 22.3 Å². The van der Waals surface area contributed by atoms with Crippen LogP contribution in [0.2, 0.25) is 0 Å². The maximum absolute atomic E-state index is 12.6. The Bertz CT molecular complexity index is 1150. The Morgan fingerprint density at radius 2 is 1.50 bits per heavy atom. The SMILES string of the molecule is Cc1ccc2ccc(C(=O)Nc3ccc(N=Nc4ccccc4)cc3)cc2n1. The van der Waals surface area contributed by atoms with E-state index < -0.39 is 0 Å². The molecule has 0 atom stereocenters. The summed E-state index contributed by atoms with van der Waals surface area (Å²) < 4.78 is 0. The number of carbonyl (C=O) groups excluding carboxylic acids is 1. The normalized spacial score (nSPS) is 11.0. The van der Waals surface area contributed by atoms with Crippen molar-refractivity contribution in [2.75, 3.05) is 5.32 Å². The Kier molecular flexibility index (Phi) is 4.89. The summed E-state index contributed by atoms with van der Waals surface area (Å²) in [7, 11) is 0. The van der Waals surface area contributed by atoms with Gasteiger partial charge in [0.25, 0.3) is 5.91 Å². The Hall–Kier alpha value is -3.86. The van der Waals surface area contributed by atoms with Gasteiger partial charge in [-0.1, -0.05) is 30.3 Å². The van der Waals surface area contributed by atoms with Crippen LogP contribution in [0.3, 0.4) is 0 Å². The number of pyridine rings is 1. The minimum Gasteiger partial charge on any atom is -0.322 e. The van der Waals surface area contributed by atoms with E-state index in [1.807, 2.05) is 67.6 Å². The smallest absolute Gasteiger partial charge is 0.255 e. The highest BCUT2D eigenvalue weighted by Gasteiger charge is 2.08. The fourth-order valence-corrected chi connectivity index (χ4v) is 2.79. The molecule has 4 aromatic rings. The quantitative estimate of drug-likeness (QED) is 0.436. The van der Waals surface area contributed by atoms with Gasteiger partial charge in [0.15, 0.2) is 0 Å². The molecule has 5 nitrogen and oxygen atoms in total. The fraction of sp³-hybridized carbons (Fsp3) is 0.0435. The molecule has 1 N–H and O–H groups in total. The number of nitrogens with one attached hydrogen (secondary N) is 1. The van der Waals surface area contributed by atoms with Crippen LogP contribution in [0, 0.1) is 6.92 Å². The summed E-state index contributed by atoms with van der Waals surface area (Å²) in [4.78, 5) is 17.0. The van der Waals surface area contributed by atoms with Crippen LogP contribution in [0.4, 0.5) is 17.1 Å². The molecule has 1 heterocycles. The number of hydrogen-bond acceptors (Lipinski definition) is 4. The molecule has 0 aliphatic heterocycles. The molecule has 0 bridgehead atoms. The van der Waals surface area contributed by atoms with Crippen molar-refractivity contribution in [3.05, 3.63) is 96.2 Å². The topological polar surface area (TPSA) is 66.7 Å². The second-order valence-electron chi connectivity index (χ2n) is 6.40. The Labute approximate surface area is 162 Å². The first-order chi connectivity index (χ1) is 13.7. The standard InChI is InChI=1S/C23H18N4O/c1-16-7-8-17-9-10-18(15-22(17)24-16)23(28)25-19-11-13-21(14-12-19)27-26-20-5-3-2-4-6-20/h2-15H,1H3,(H,25,28). The van der Waals surface area contributed by atoms with Crippen LogP contribution in [0.25, 0.3) is 10.9 Å². The number of aromatic nitrogens is 1. The molecule has 0 saturated heterocycles. The third-order valence-corrected chi connectivity index (χ3v) is 4.26. The monoisotopic (exact) mass is 366 g/mol. The van der Waals surface area contributed by atoms with E-state index in [2.05, 4.69) is 20.5 Å². The number of benzene rings is 3. The van der Waals surface area contributed by atoms with Crippen molar-refractivity contribution in [1.29, 1.82) is 0 Å². The van der Waals surface area contributed by atoms with Gasteiger partial charge >= 0.3 is 0 Å². The van der Waals surface area contributed by atoms with Crippen molar-refractivity contribution < 1.29 is 4.79 Å². The molecular formula is C23H18N4O. The van der Waals surface area contributed by atoms with Gasteiger partial charge in [-0.25, -0.2) is 0 Å². The Balaban J connectivity index is 1.46. The predicted octanol–water partition coefficient (Wildman–Crippen LogP) is 6.21. The van der Waals surface area contributed by atoms with Gasteiger partial charge in [-0.2, -0.15) is 10.2 Å². The molecule has 3 aromatic carbocycles. The van der Waals surface area contributed by atoms with Gasteiger partial charge in [0.1, 0.15) is 0 Å². The van der Waals surface area contributed by atoms with Gasteiger partial charge in [0.05, 0.1) is 16.9 Å². The highest BCUT2D eigenvalue weighted by atomic mass is 16.1. The van der Waals surface area contributed by atoms with E-state index in [0.717, 1.165) is 22.3 Å². The number of hydrogen-bond donors (Lipinski definition) is 1. The van der Waals surface area contributed by atoms with Crippen molar-refractivity contribution in [3.8, 4) is 0 Å². The number of amides is 1. The first-order valence-electron chi connectivity index (χ1n) is 8.93. The first kappa shape index (κ1) is 17.5. The van der Waals surface area contributed by atoms with Gasteiger partial charge in [0.2, 0.25) is 0 Å². The zero-order valence-corrected chi connectivity index (χ0v) is 15.3. The summed E-state index contributed by atoms with van der Waals surface area (Å²) in [6, 6.07) is 26.2. The highest BCUT2D eigenvalue weighted by Crippen LogP contribution is 2.21. The lowest BCUT2D eigenvalue weighted by Gasteiger charge is -2.07. The summed E-state index contributed by atoms with van der Waals surface area (Å²) in [6.07, 6.45) is 0. The summed E-state index contributed by atoms with van der Waals surface area (Å²) >= 11 is 0. The maximum Gasteiger partial charge on any atom is 0.255 e. The van der Waals surface area contributed by atoms with E-state index in [-0.39, 0.29) is 5.91 Å². The molecule has 0 spiro atoms. The summed E-state index contributed by atoms with van der Waals surface area (Å²) in [5.74, 6) is -0.177. The molecule has 0 aliphatic rings. The van der Waals surface area contributed by atoms with Crippen LogP contribution in [0.1, 0.15) is 16.1 Å². The summed E-state index contributed by atoms with van der Waals surface area (Å²) in [5, 5.41) is 12.3. The van der Waals surface area contributed by atoms with E-state index in [4.69, 9.17) is 0 Å². The van der Waals surface area contributed by atoms with Crippen molar-refractivity contribution in [2.24, 2.45) is 10.2 Å². The molecule has 0 aliphatic carbocycles. The van der Waals surface area contributed by atoms with Crippen LogP contribution < -0.4 is 5.32 Å². The van der Waals surface area contributed by atoms with E-state index in [1.54, 1.807) is 24.3 Å². The van der Waals surface area contributed by atoms with Crippen LogP contribution in [0.15, 0.2) is 95.2 Å². The average molecular weight is 366 g/mol. The lowest BCUT2D eigenvalue weighted by Crippen LogP contribution is -2.11. The van der Waals surface area contributed by atoms with Gasteiger partial charge < -0.3 is 5.32 Å². The van der Waals surface area contributed by atoms with Crippen molar-refractivity contribution in [1.82, 2.24) is 4.98 Å². The Morgan fingerprint density at radius 3 is 2.25 bits per heavy atom. The van der Waals surface area contributed by atoms with Gasteiger partial charge in [-0.3, -0.25) is 9.78 Å². The predicted molar refractivity (Wildman–Crippen MR) is 111 cm³/mol. The average Bonchev–Trinajstić information content (AvgIpc) is 2.73. The lowest BCUT2D eigenvalue weighted by molar-refractivity contribution is 0.102. The molecule has 5 heteroatoms. The summed E-state index contributed by atoms with van der Waals surface area (Å²) in [6.45, 7) is 1.93. The zero-order chi connectivity index (χ0) is 19.3. The second kappa shape index (κ2) is 7.80. The molecule has 0 unspecified atom stereocenters. The number of carbonyl (C=O) groups is 1. The number of azo groups is 1. The third kappa shape index (κ3) is 4.10. The molecule has 1 amide bonds. The maximum atomic E-state index is 12.6. The van der Waals surface area contributed by atoms with E-state index in [1.165, 1.54) is 0 Å². The highest BCUT2D eigenvalue weighted by molar-refractivity contribution is 6.06. The minimum absolute atomic E-state index is 0.177. The number of anilines is 1. The Morgan fingerprint density at radius 1 is 0.821 bits per heavy atom. The largest absolute Gasteiger partial charge is 0.322 e. The van der Waals surface area contributed by atoms with Crippen LogP contribution >= 0.6 is 0 Å². The number of aryl methyl sites for hydroxylation is 1. The third-order valence-electron chi connectivity index (χ3n) is 4.26. The number of nitrogens with zero attached hydrogens (tertiary/aromatic N) is 3. The first-order valence-corrected chi connectivity index (χ1v) is 8.93. The van der Waals surface area contributed by atoms with E-state index in [0.29, 0.717) is 16.9 Å². The van der Waals surface area contributed by atoms with Crippen molar-refractivity contribution in [2.45, 2.75) is 6.92 Å². The van der Waals surface area contributed by atoms with Crippen LogP contribution in [0.5, 0.6) is 0 Å². The lowest BCUT2D eigenvalue weighted by atomic mass is 10.1. The zero-order valence-electron chi connectivity index (χ0n) is 15.3. The van der Waals surface area contributed by atoms with E-state index in [9.17, 15) is 4.79 Å².